The molecule has 148 valence electrons. The summed E-state index contributed by atoms with van der Waals surface area (Å²) in [5.41, 5.74) is 8.02. The molecule has 0 spiro atoms. The van der Waals surface area contributed by atoms with Crippen LogP contribution in [0.1, 0.15) is 57.5 Å². The third-order valence-corrected chi connectivity index (χ3v) is 5.96. The number of aryl methyl sites for hydroxylation is 2. The number of aromatic amines is 1. The highest BCUT2D eigenvalue weighted by atomic mass is 16.2. The van der Waals surface area contributed by atoms with Gasteiger partial charge in [0.1, 0.15) is 0 Å². The zero-order valence-corrected chi connectivity index (χ0v) is 16.9. The minimum atomic E-state index is 0.0798. The van der Waals surface area contributed by atoms with Gasteiger partial charge < -0.3 is 4.90 Å². The summed E-state index contributed by atoms with van der Waals surface area (Å²) >= 11 is 0. The van der Waals surface area contributed by atoms with Crippen LogP contribution in [0.3, 0.4) is 0 Å². The third-order valence-electron chi connectivity index (χ3n) is 5.96. The number of benzene rings is 1. The Balaban J connectivity index is 1.38. The lowest BCUT2D eigenvalue weighted by Gasteiger charge is -2.21. The van der Waals surface area contributed by atoms with Gasteiger partial charge in [-0.3, -0.25) is 14.9 Å². The van der Waals surface area contributed by atoms with Crippen molar-refractivity contribution in [3.63, 3.8) is 0 Å². The first-order valence-corrected chi connectivity index (χ1v) is 10.4. The van der Waals surface area contributed by atoms with Gasteiger partial charge in [-0.2, -0.15) is 5.10 Å². The first-order chi connectivity index (χ1) is 14.1. The van der Waals surface area contributed by atoms with Gasteiger partial charge in [0.15, 0.2) is 0 Å². The van der Waals surface area contributed by atoms with Gasteiger partial charge in [0.2, 0.25) is 0 Å². The Morgan fingerprint density at radius 3 is 2.83 bits per heavy atom. The first-order valence-electron chi connectivity index (χ1n) is 10.4. The van der Waals surface area contributed by atoms with Crippen molar-refractivity contribution >= 4 is 5.91 Å². The van der Waals surface area contributed by atoms with E-state index in [0.717, 1.165) is 42.0 Å². The van der Waals surface area contributed by atoms with E-state index < -0.39 is 0 Å². The molecule has 29 heavy (non-hydrogen) atoms. The van der Waals surface area contributed by atoms with Gasteiger partial charge in [0.25, 0.3) is 5.91 Å². The second-order valence-corrected chi connectivity index (χ2v) is 8.16. The van der Waals surface area contributed by atoms with Crippen molar-refractivity contribution in [3.05, 3.63) is 64.4 Å². The van der Waals surface area contributed by atoms with Gasteiger partial charge in [0, 0.05) is 48.4 Å². The Morgan fingerprint density at radius 2 is 2.00 bits per heavy atom. The SMILES string of the molecule is Cc1cnc(C)c(-c2cccc(C(=O)N3CCc4[nH]nc(C5CC5)c4CC3)c2)n1. The predicted molar refractivity (Wildman–Crippen MR) is 111 cm³/mol. The molecule has 1 aliphatic carbocycles. The lowest BCUT2D eigenvalue weighted by Crippen LogP contribution is -2.33. The molecule has 1 saturated carbocycles. The summed E-state index contributed by atoms with van der Waals surface area (Å²) in [5, 5.41) is 7.77. The van der Waals surface area contributed by atoms with E-state index in [1.54, 1.807) is 6.20 Å². The van der Waals surface area contributed by atoms with Gasteiger partial charge >= 0.3 is 0 Å². The molecule has 1 aromatic carbocycles. The molecule has 0 bridgehead atoms. The lowest BCUT2D eigenvalue weighted by atomic mass is 10.0. The smallest absolute Gasteiger partial charge is 0.253 e. The maximum Gasteiger partial charge on any atom is 0.253 e. The van der Waals surface area contributed by atoms with E-state index >= 15 is 0 Å². The molecule has 2 aromatic heterocycles. The quantitative estimate of drug-likeness (QED) is 0.745. The van der Waals surface area contributed by atoms with Crippen LogP contribution in [0.2, 0.25) is 0 Å². The summed E-state index contributed by atoms with van der Waals surface area (Å²) in [7, 11) is 0. The number of nitrogens with one attached hydrogen (secondary N) is 1. The molecule has 1 aliphatic heterocycles. The number of aromatic nitrogens is 4. The normalized spacial score (nSPS) is 16.4. The average molecular weight is 387 g/mol. The summed E-state index contributed by atoms with van der Waals surface area (Å²) in [6.07, 6.45) is 5.97. The fraction of sp³-hybridized carbons (Fsp3) is 0.391. The maximum atomic E-state index is 13.3. The van der Waals surface area contributed by atoms with Crippen molar-refractivity contribution in [1.29, 1.82) is 0 Å². The van der Waals surface area contributed by atoms with E-state index in [0.29, 0.717) is 18.0 Å². The van der Waals surface area contributed by atoms with Crippen LogP contribution in [0, 0.1) is 13.8 Å². The molecule has 0 atom stereocenters. The fourth-order valence-corrected chi connectivity index (χ4v) is 4.20. The number of fused-ring (bicyclic) bond motifs is 1. The summed E-state index contributed by atoms with van der Waals surface area (Å²) in [6.45, 7) is 5.33. The van der Waals surface area contributed by atoms with Crippen molar-refractivity contribution in [2.75, 3.05) is 13.1 Å². The molecule has 1 amide bonds. The van der Waals surface area contributed by atoms with Crippen molar-refractivity contribution in [1.82, 2.24) is 25.1 Å². The highest BCUT2D eigenvalue weighted by molar-refractivity contribution is 5.95. The van der Waals surface area contributed by atoms with Crippen LogP contribution in [0.4, 0.5) is 0 Å². The number of H-pyrrole nitrogens is 1. The van der Waals surface area contributed by atoms with Crippen LogP contribution in [-0.2, 0) is 12.8 Å². The number of carbonyl (C=O) groups excluding carboxylic acids is 1. The van der Waals surface area contributed by atoms with Gasteiger partial charge in [-0.1, -0.05) is 12.1 Å². The lowest BCUT2D eigenvalue weighted by molar-refractivity contribution is 0.0762. The van der Waals surface area contributed by atoms with Crippen LogP contribution < -0.4 is 0 Å². The fourth-order valence-electron chi connectivity index (χ4n) is 4.20. The highest BCUT2D eigenvalue weighted by Gasteiger charge is 2.31. The number of carbonyl (C=O) groups is 1. The van der Waals surface area contributed by atoms with Crippen LogP contribution in [0.5, 0.6) is 0 Å². The van der Waals surface area contributed by atoms with Gasteiger partial charge in [-0.05, 0) is 50.8 Å². The number of hydrogen-bond acceptors (Lipinski definition) is 4. The molecule has 6 heteroatoms. The van der Waals surface area contributed by atoms with Crippen LogP contribution in [-0.4, -0.2) is 44.1 Å². The number of rotatable bonds is 3. The van der Waals surface area contributed by atoms with E-state index in [1.165, 1.54) is 29.8 Å². The summed E-state index contributed by atoms with van der Waals surface area (Å²) in [4.78, 5) is 24.3. The Bertz CT molecular complexity index is 1080. The average Bonchev–Trinajstić information content (AvgIpc) is 3.54. The number of nitrogens with zero attached hydrogens (tertiary/aromatic N) is 4. The topological polar surface area (TPSA) is 74.8 Å². The summed E-state index contributed by atoms with van der Waals surface area (Å²) in [5.74, 6) is 0.712. The predicted octanol–water partition coefficient (Wildman–Crippen LogP) is 3.60. The van der Waals surface area contributed by atoms with E-state index in [4.69, 9.17) is 0 Å². The van der Waals surface area contributed by atoms with Crippen molar-refractivity contribution < 1.29 is 4.79 Å². The van der Waals surface area contributed by atoms with Crippen molar-refractivity contribution in [3.8, 4) is 11.3 Å². The molecule has 0 unspecified atom stereocenters. The van der Waals surface area contributed by atoms with E-state index in [1.807, 2.05) is 43.0 Å². The minimum Gasteiger partial charge on any atom is -0.338 e. The van der Waals surface area contributed by atoms with Gasteiger partial charge in [0.05, 0.1) is 22.8 Å². The van der Waals surface area contributed by atoms with Gasteiger partial charge in [-0.25, -0.2) is 4.98 Å². The Kier molecular flexibility index (Phi) is 4.42. The number of hydrogen-bond donors (Lipinski definition) is 1. The molecule has 1 fully saturated rings. The Morgan fingerprint density at radius 1 is 1.17 bits per heavy atom. The Labute approximate surface area is 170 Å². The zero-order valence-electron chi connectivity index (χ0n) is 16.9. The third kappa shape index (κ3) is 3.43. The molecule has 2 aliphatic rings. The molecule has 0 saturated heterocycles. The molecule has 1 N–H and O–H groups in total. The first kappa shape index (κ1) is 18.0. The van der Waals surface area contributed by atoms with Crippen molar-refractivity contribution in [2.24, 2.45) is 0 Å². The maximum absolute atomic E-state index is 13.3. The Hall–Kier alpha value is -3.02. The molecule has 0 radical (unpaired) electrons. The van der Waals surface area contributed by atoms with Crippen molar-refractivity contribution in [2.45, 2.75) is 45.4 Å². The largest absolute Gasteiger partial charge is 0.338 e. The standard InChI is InChI=1S/C23H25N5O/c1-14-13-24-15(2)21(25-14)17-4-3-5-18(12-17)23(29)28-10-8-19-20(9-11-28)26-27-22(19)16-6-7-16/h3-5,12-13,16H,6-11H2,1-2H3,(H,26,27). The molecule has 3 aromatic rings. The van der Waals surface area contributed by atoms with Crippen LogP contribution in [0.25, 0.3) is 11.3 Å². The van der Waals surface area contributed by atoms with E-state index in [2.05, 4.69) is 20.2 Å². The van der Waals surface area contributed by atoms with E-state index in [-0.39, 0.29) is 5.91 Å². The molecule has 5 rings (SSSR count). The van der Waals surface area contributed by atoms with Crippen LogP contribution in [0.15, 0.2) is 30.5 Å². The molecule has 3 heterocycles. The van der Waals surface area contributed by atoms with Gasteiger partial charge in [-0.15, -0.1) is 0 Å². The molecular weight excluding hydrogens is 362 g/mol. The summed E-state index contributed by atoms with van der Waals surface area (Å²) in [6, 6.07) is 7.77. The summed E-state index contributed by atoms with van der Waals surface area (Å²) < 4.78 is 0. The second kappa shape index (κ2) is 7.10. The second-order valence-electron chi connectivity index (χ2n) is 8.16. The molecule has 6 nitrogen and oxygen atoms in total. The molecular formula is C23H25N5O. The van der Waals surface area contributed by atoms with E-state index in [9.17, 15) is 4.79 Å². The zero-order chi connectivity index (χ0) is 20.0. The minimum absolute atomic E-state index is 0.0798. The highest BCUT2D eigenvalue weighted by Crippen LogP contribution is 2.41. The number of amides is 1. The monoisotopic (exact) mass is 387 g/mol. The van der Waals surface area contributed by atoms with Crippen LogP contribution >= 0.6 is 0 Å².